The Hall–Kier alpha value is -1.82. The molecule has 1 unspecified atom stereocenters. The minimum atomic E-state index is -0.326. The quantitative estimate of drug-likeness (QED) is 0.705. The third kappa shape index (κ3) is 4.28. The van der Waals surface area contributed by atoms with Crippen LogP contribution in [0.15, 0.2) is 30.3 Å². The van der Waals surface area contributed by atoms with Crippen molar-refractivity contribution in [3.63, 3.8) is 0 Å². The van der Waals surface area contributed by atoms with E-state index in [0.29, 0.717) is 0 Å². The average molecular weight is 203 g/mol. The summed E-state index contributed by atoms with van der Waals surface area (Å²) in [6.07, 6.45) is 0.156. The number of hydrogen-bond acceptors (Lipinski definition) is 3. The van der Waals surface area contributed by atoms with Gasteiger partial charge >= 0.3 is 5.97 Å². The van der Waals surface area contributed by atoms with Crippen LogP contribution in [0.1, 0.15) is 18.9 Å². The maximum absolute atomic E-state index is 11.2. The van der Waals surface area contributed by atoms with Crippen molar-refractivity contribution in [1.29, 1.82) is 5.26 Å². The second-order valence-electron chi connectivity index (χ2n) is 3.38. The van der Waals surface area contributed by atoms with Crippen molar-refractivity contribution in [1.82, 2.24) is 0 Å². The van der Waals surface area contributed by atoms with Crippen molar-refractivity contribution in [2.75, 3.05) is 0 Å². The van der Waals surface area contributed by atoms with Gasteiger partial charge in [0.05, 0.1) is 18.4 Å². The fourth-order valence-corrected chi connectivity index (χ4v) is 1.09. The number of carbonyl (C=O) groups is 1. The van der Waals surface area contributed by atoms with E-state index in [4.69, 9.17) is 10.00 Å². The molecule has 0 aliphatic heterocycles. The van der Waals surface area contributed by atoms with E-state index < -0.39 is 0 Å². The number of hydrogen-bond donors (Lipinski definition) is 0. The largest absolute Gasteiger partial charge is 0.461 e. The SMILES string of the molecule is CC(C#N)CC(=O)OCc1ccccc1. The Morgan fingerprint density at radius 1 is 1.47 bits per heavy atom. The molecule has 0 spiro atoms. The van der Waals surface area contributed by atoms with E-state index in [1.54, 1.807) is 6.92 Å². The van der Waals surface area contributed by atoms with Crippen LogP contribution in [0.25, 0.3) is 0 Å². The van der Waals surface area contributed by atoms with Crippen molar-refractivity contribution in [3.8, 4) is 6.07 Å². The highest BCUT2D eigenvalue weighted by atomic mass is 16.5. The Bertz CT molecular complexity index is 354. The standard InChI is InChI=1S/C12H13NO2/c1-10(8-13)7-12(14)15-9-11-5-3-2-4-6-11/h2-6,10H,7,9H2,1H3. The first-order chi connectivity index (χ1) is 7.22. The zero-order valence-corrected chi connectivity index (χ0v) is 8.64. The summed E-state index contributed by atoms with van der Waals surface area (Å²) in [7, 11) is 0. The van der Waals surface area contributed by atoms with Gasteiger partial charge in [-0.1, -0.05) is 30.3 Å². The lowest BCUT2D eigenvalue weighted by molar-refractivity contribution is -0.145. The number of rotatable bonds is 4. The normalized spacial score (nSPS) is 11.5. The fraction of sp³-hybridized carbons (Fsp3) is 0.333. The maximum atomic E-state index is 11.2. The summed E-state index contributed by atoms with van der Waals surface area (Å²) in [5, 5.41) is 8.51. The Labute approximate surface area is 89.3 Å². The summed E-state index contributed by atoms with van der Waals surface area (Å²) in [4.78, 5) is 11.2. The molecule has 1 aromatic carbocycles. The third-order valence-corrected chi connectivity index (χ3v) is 1.94. The molecule has 0 saturated carbocycles. The summed E-state index contributed by atoms with van der Waals surface area (Å²) < 4.78 is 5.01. The number of nitrogens with zero attached hydrogens (tertiary/aromatic N) is 1. The van der Waals surface area contributed by atoms with Crippen LogP contribution in [0.4, 0.5) is 0 Å². The summed E-state index contributed by atoms with van der Waals surface area (Å²) in [6.45, 7) is 1.97. The molecule has 1 atom stereocenters. The van der Waals surface area contributed by atoms with Crippen molar-refractivity contribution in [2.45, 2.75) is 20.0 Å². The van der Waals surface area contributed by atoms with Crippen LogP contribution in [-0.2, 0) is 16.1 Å². The molecule has 0 fully saturated rings. The van der Waals surface area contributed by atoms with Crippen molar-refractivity contribution in [2.24, 2.45) is 5.92 Å². The van der Waals surface area contributed by atoms with Crippen LogP contribution < -0.4 is 0 Å². The number of benzene rings is 1. The highest BCUT2D eigenvalue weighted by Gasteiger charge is 2.08. The van der Waals surface area contributed by atoms with Crippen molar-refractivity contribution < 1.29 is 9.53 Å². The van der Waals surface area contributed by atoms with Gasteiger partial charge in [-0.05, 0) is 12.5 Å². The number of ether oxygens (including phenoxy) is 1. The Morgan fingerprint density at radius 2 is 2.13 bits per heavy atom. The van der Waals surface area contributed by atoms with Crippen LogP contribution in [0.5, 0.6) is 0 Å². The van der Waals surface area contributed by atoms with E-state index in [1.165, 1.54) is 0 Å². The van der Waals surface area contributed by atoms with Gasteiger partial charge in [0.15, 0.2) is 0 Å². The van der Waals surface area contributed by atoms with Crippen molar-refractivity contribution in [3.05, 3.63) is 35.9 Å². The van der Waals surface area contributed by atoms with Crippen LogP contribution >= 0.6 is 0 Å². The number of nitriles is 1. The molecule has 0 saturated heterocycles. The summed E-state index contributed by atoms with van der Waals surface area (Å²) in [5.41, 5.74) is 0.954. The molecular weight excluding hydrogens is 190 g/mol. The topological polar surface area (TPSA) is 50.1 Å². The van der Waals surface area contributed by atoms with Gasteiger partial charge in [-0.3, -0.25) is 4.79 Å². The summed E-state index contributed by atoms with van der Waals surface area (Å²) in [6, 6.07) is 11.5. The Morgan fingerprint density at radius 3 is 2.73 bits per heavy atom. The van der Waals surface area contributed by atoms with Crippen LogP contribution in [0.3, 0.4) is 0 Å². The molecule has 1 rings (SSSR count). The highest BCUT2D eigenvalue weighted by Crippen LogP contribution is 2.05. The molecule has 78 valence electrons. The van der Waals surface area contributed by atoms with Gasteiger partial charge in [-0.25, -0.2) is 0 Å². The van der Waals surface area contributed by atoms with Crippen molar-refractivity contribution >= 4 is 5.97 Å². The predicted octanol–water partition coefficient (Wildman–Crippen LogP) is 2.28. The molecule has 0 N–H and O–H groups in total. The third-order valence-electron chi connectivity index (χ3n) is 1.94. The second-order valence-corrected chi connectivity index (χ2v) is 3.38. The van der Waals surface area contributed by atoms with Gasteiger partial charge < -0.3 is 4.74 Å². The fourth-order valence-electron chi connectivity index (χ4n) is 1.09. The lowest BCUT2D eigenvalue weighted by Crippen LogP contribution is -2.08. The lowest BCUT2D eigenvalue weighted by Gasteiger charge is -2.05. The molecule has 1 aromatic rings. The van der Waals surface area contributed by atoms with Crippen LogP contribution in [0.2, 0.25) is 0 Å². The van der Waals surface area contributed by atoms with Gasteiger partial charge in [-0.2, -0.15) is 5.26 Å². The molecule has 3 nitrogen and oxygen atoms in total. The first-order valence-electron chi connectivity index (χ1n) is 4.81. The maximum Gasteiger partial charge on any atom is 0.307 e. The monoisotopic (exact) mass is 203 g/mol. The van der Waals surface area contributed by atoms with Gasteiger partial charge in [0.2, 0.25) is 0 Å². The molecule has 0 aliphatic carbocycles. The van der Waals surface area contributed by atoms with E-state index in [-0.39, 0.29) is 24.9 Å². The first-order valence-corrected chi connectivity index (χ1v) is 4.81. The molecule has 3 heteroatoms. The van der Waals surface area contributed by atoms with E-state index in [9.17, 15) is 4.79 Å². The van der Waals surface area contributed by atoms with Gasteiger partial charge in [0.1, 0.15) is 6.61 Å². The molecular formula is C12H13NO2. The number of esters is 1. The summed E-state index contributed by atoms with van der Waals surface area (Å²) in [5.74, 6) is -0.610. The Kier molecular flexibility index (Phi) is 4.36. The second kappa shape index (κ2) is 5.82. The number of carbonyl (C=O) groups excluding carboxylic acids is 1. The molecule has 0 radical (unpaired) electrons. The van der Waals surface area contributed by atoms with Gasteiger partial charge in [0, 0.05) is 0 Å². The lowest BCUT2D eigenvalue weighted by atomic mass is 10.1. The predicted molar refractivity (Wildman–Crippen MR) is 55.6 cm³/mol. The average Bonchev–Trinajstić information content (AvgIpc) is 2.27. The molecule has 0 heterocycles. The van der Waals surface area contributed by atoms with Gasteiger partial charge in [0.25, 0.3) is 0 Å². The van der Waals surface area contributed by atoms with E-state index >= 15 is 0 Å². The molecule has 0 bridgehead atoms. The van der Waals surface area contributed by atoms with E-state index in [1.807, 2.05) is 36.4 Å². The molecule has 0 amide bonds. The zero-order valence-electron chi connectivity index (χ0n) is 8.64. The molecule has 15 heavy (non-hydrogen) atoms. The van der Waals surface area contributed by atoms with Crippen LogP contribution in [0, 0.1) is 17.2 Å². The van der Waals surface area contributed by atoms with E-state index in [0.717, 1.165) is 5.56 Å². The molecule has 0 aromatic heterocycles. The smallest absolute Gasteiger partial charge is 0.307 e. The van der Waals surface area contributed by atoms with Crippen LogP contribution in [-0.4, -0.2) is 5.97 Å². The highest BCUT2D eigenvalue weighted by molar-refractivity contribution is 5.70. The first kappa shape index (κ1) is 11.3. The minimum Gasteiger partial charge on any atom is -0.461 e. The molecule has 0 aliphatic rings. The Balaban J connectivity index is 2.32. The van der Waals surface area contributed by atoms with Gasteiger partial charge in [-0.15, -0.1) is 0 Å². The van der Waals surface area contributed by atoms with E-state index in [2.05, 4.69) is 0 Å². The minimum absolute atomic E-state index is 0.156. The zero-order chi connectivity index (χ0) is 11.1. The summed E-state index contributed by atoms with van der Waals surface area (Å²) >= 11 is 0.